The van der Waals surface area contributed by atoms with E-state index in [0.29, 0.717) is 0 Å². The Morgan fingerprint density at radius 3 is 2.25 bits per heavy atom. The van der Waals surface area contributed by atoms with Gasteiger partial charge in [-0.05, 0) is 55.4 Å². The van der Waals surface area contributed by atoms with Crippen molar-refractivity contribution in [2.75, 3.05) is 11.9 Å². The minimum absolute atomic E-state index is 0.00354. The molecule has 1 saturated heterocycles. The summed E-state index contributed by atoms with van der Waals surface area (Å²) in [6.45, 7) is 12.6. The summed E-state index contributed by atoms with van der Waals surface area (Å²) in [6.07, 6.45) is -0.745. The number of rotatable bonds is 8. The van der Waals surface area contributed by atoms with Gasteiger partial charge in [0, 0.05) is 5.38 Å². The van der Waals surface area contributed by atoms with Gasteiger partial charge in [-0.1, -0.05) is 5.16 Å². The number of nitrogens with one attached hydrogen (secondary N) is 3. The smallest absolute Gasteiger partial charge is 0.413 e. The van der Waals surface area contributed by atoms with Crippen LogP contribution in [0.2, 0.25) is 0 Å². The van der Waals surface area contributed by atoms with Gasteiger partial charge in [-0.25, -0.2) is 14.6 Å². The lowest BCUT2D eigenvalue weighted by Crippen LogP contribution is -2.70. The van der Waals surface area contributed by atoms with E-state index in [4.69, 9.17) is 14.3 Å². The van der Waals surface area contributed by atoms with Gasteiger partial charge in [-0.15, -0.1) is 11.3 Å². The second-order valence-electron chi connectivity index (χ2n) is 10.5. The van der Waals surface area contributed by atoms with Crippen molar-refractivity contribution in [1.29, 1.82) is 0 Å². The van der Waals surface area contributed by atoms with E-state index in [9.17, 15) is 24.3 Å². The molecule has 200 valence electrons. The fourth-order valence-corrected chi connectivity index (χ4v) is 3.28. The number of hydrogen-bond acceptors (Lipinski definition) is 11. The van der Waals surface area contributed by atoms with Crippen molar-refractivity contribution in [3.8, 4) is 0 Å². The summed E-state index contributed by atoms with van der Waals surface area (Å²) in [5, 5.41) is 22.1. The summed E-state index contributed by atoms with van der Waals surface area (Å²) in [4.78, 5) is 59.0. The number of amides is 3. The lowest BCUT2D eigenvalue weighted by atomic mass is 9.99. The Morgan fingerprint density at radius 2 is 1.72 bits per heavy atom. The average molecular weight is 528 g/mol. The minimum Gasteiger partial charge on any atom is -0.457 e. The summed E-state index contributed by atoms with van der Waals surface area (Å²) >= 11 is 0.991. The van der Waals surface area contributed by atoms with Gasteiger partial charge < -0.3 is 30.1 Å². The number of aliphatic hydroxyl groups excluding tert-OH is 1. The van der Waals surface area contributed by atoms with Crippen LogP contribution >= 0.6 is 11.3 Å². The number of esters is 1. The highest BCUT2D eigenvalue weighted by Gasteiger charge is 2.41. The van der Waals surface area contributed by atoms with Gasteiger partial charge in [0.2, 0.25) is 11.5 Å². The number of carbonyl (C=O) groups excluding carboxylic acids is 4. The number of aromatic nitrogens is 1. The quantitative estimate of drug-likeness (QED) is 0.168. The molecule has 1 aliphatic rings. The van der Waals surface area contributed by atoms with E-state index in [1.54, 1.807) is 41.5 Å². The minimum atomic E-state index is -1.58. The van der Waals surface area contributed by atoms with E-state index in [1.165, 1.54) is 19.2 Å². The van der Waals surface area contributed by atoms with Crippen molar-refractivity contribution < 1.29 is 38.6 Å². The third-order valence-corrected chi connectivity index (χ3v) is 5.08. The summed E-state index contributed by atoms with van der Waals surface area (Å²) in [7, 11) is 0. The van der Waals surface area contributed by atoms with E-state index >= 15 is 0 Å². The van der Waals surface area contributed by atoms with E-state index in [0.717, 1.165) is 11.3 Å². The molecule has 2 atom stereocenters. The molecule has 0 spiro atoms. The number of anilines is 1. The average Bonchev–Trinajstić information content (AvgIpc) is 3.15. The van der Waals surface area contributed by atoms with Gasteiger partial charge >= 0.3 is 12.1 Å². The standard InChI is InChI=1S/C22H33N5O8S/c1-20(2,3)33-17(31)22(7,8)35-27-14(16(30)25-13-11(9-28)23-15(13)29)12-10-36-18(24-12)26-19(32)34-21(4,5)6/h10-11,13,28H,9H2,1-8H3,(H,23,29)(H,25,30)(H,24,26,32)/b27-14-. The van der Waals surface area contributed by atoms with E-state index in [2.05, 4.69) is 26.1 Å². The molecular weight excluding hydrogens is 494 g/mol. The van der Waals surface area contributed by atoms with Crippen molar-refractivity contribution in [3.63, 3.8) is 0 Å². The molecule has 3 amide bonds. The second kappa shape index (κ2) is 10.8. The second-order valence-corrected chi connectivity index (χ2v) is 11.3. The SMILES string of the molecule is CC(C)(C)OC(=O)Nc1nc(/C(=N/OC(C)(C)C(=O)OC(C)(C)C)C(=O)NC2C(=O)NC2CO)cs1. The molecule has 1 aromatic heterocycles. The topological polar surface area (TPSA) is 178 Å². The molecule has 14 heteroatoms. The van der Waals surface area contributed by atoms with Crippen LogP contribution in [0.1, 0.15) is 61.1 Å². The predicted molar refractivity (Wildman–Crippen MR) is 130 cm³/mol. The molecule has 2 rings (SSSR count). The Hall–Kier alpha value is -3.26. The molecule has 1 fully saturated rings. The van der Waals surface area contributed by atoms with Crippen molar-refractivity contribution >= 4 is 46.1 Å². The Labute approximate surface area is 212 Å². The molecule has 4 N–H and O–H groups in total. The first-order valence-corrected chi connectivity index (χ1v) is 12.0. The van der Waals surface area contributed by atoms with Crippen molar-refractivity contribution in [2.24, 2.45) is 5.16 Å². The number of thiazole rings is 1. The summed E-state index contributed by atoms with van der Waals surface area (Å²) < 4.78 is 10.5. The van der Waals surface area contributed by atoms with E-state index in [1.807, 2.05) is 0 Å². The zero-order valence-electron chi connectivity index (χ0n) is 21.5. The molecular formula is C22H33N5O8S. The maximum absolute atomic E-state index is 13.0. The molecule has 0 aromatic carbocycles. The van der Waals surface area contributed by atoms with Crippen molar-refractivity contribution in [1.82, 2.24) is 15.6 Å². The number of ether oxygens (including phenoxy) is 2. The Bertz CT molecular complexity index is 1040. The number of β-lactam (4-membered cyclic amide) rings is 1. The van der Waals surface area contributed by atoms with Crippen LogP contribution in [-0.4, -0.2) is 75.2 Å². The van der Waals surface area contributed by atoms with Crippen LogP contribution in [0, 0.1) is 0 Å². The molecule has 13 nitrogen and oxygen atoms in total. The van der Waals surface area contributed by atoms with Gasteiger partial charge in [0.25, 0.3) is 5.91 Å². The normalized spacial score (nSPS) is 18.5. The number of aliphatic hydroxyl groups is 1. The number of nitrogens with zero attached hydrogens (tertiary/aromatic N) is 2. The molecule has 2 heterocycles. The van der Waals surface area contributed by atoms with Gasteiger partial charge in [-0.3, -0.25) is 14.9 Å². The van der Waals surface area contributed by atoms with Gasteiger partial charge in [-0.2, -0.15) is 0 Å². The number of carbonyl (C=O) groups is 4. The molecule has 36 heavy (non-hydrogen) atoms. The summed E-state index contributed by atoms with van der Waals surface area (Å²) in [5.74, 6) is -2.05. The fourth-order valence-electron chi connectivity index (χ4n) is 2.60. The van der Waals surface area contributed by atoms with Gasteiger partial charge in [0.15, 0.2) is 10.8 Å². The first kappa shape index (κ1) is 29.0. The van der Waals surface area contributed by atoms with Crippen LogP contribution in [0.4, 0.5) is 9.93 Å². The lowest BCUT2D eigenvalue weighted by Gasteiger charge is -2.35. The van der Waals surface area contributed by atoms with Gasteiger partial charge in [0.05, 0.1) is 12.6 Å². The maximum atomic E-state index is 13.0. The van der Waals surface area contributed by atoms with Crippen LogP contribution in [0.5, 0.6) is 0 Å². The van der Waals surface area contributed by atoms with Gasteiger partial charge in [0.1, 0.15) is 22.9 Å². The Morgan fingerprint density at radius 1 is 1.11 bits per heavy atom. The van der Waals surface area contributed by atoms with Crippen LogP contribution in [-0.2, 0) is 28.7 Å². The maximum Gasteiger partial charge on any atom is 0.413 e. The van der Waals surface area contributed by atoms with Crippen LogP contribution in [0.15, 0.2) is 10.5 Å². The van der Waals surface area contributed by atoms with Crippen LogP contribution in [0.3, 0.4) is 0 Å². The predicted octanol–water partition coefficient (Wildman–Crippen LogP) is 1.31. The molecule has 0 saturated carbocycles. The number of hydrogen-bond donors (Lipinski definition) is 4. The van der Waals surface area contributed by atoms with Crippen molar-refractivity contribution in [2.45, 2.75) is 84.3 Å². The summed E-state index contributed by atoms with van der Waals surface area (Å²) in [6, 6.07) is -1.66. The van der Waals surface area contributed by atoms with E-state index in [-0.39, 0.29) is 23.1 Å². The van der Waals surface area contributed by atoms with Crippen LogP contribution < -0.4 is 16.0 Å². The number of oxime groups is 1. The first-order chi connectivity index (χ1) is 16.4. The molecule has 2 unspecified atom stereocenters. The Balaban J connectivity index is 2.30. The highest BCUT2D eigenvalue weighted by molar-refractivity contribution is 7.14. The van der Waals surface area contributed by atoms with E-state index < -0.39 is 52.8 Å². The largest absolute Gasteiger partial charge is 0.457 e. The van der Waals surface area contributed by atoms with Crippen molar-refractivity contribution in [3.05, 3.63) is 11.1 Å². The highest BCUT2D eigenvalue weighted by Crippen LogP contribution is 2.21. The molecule has 1 aromatic rings. The van der Waals surface area contributed by atoms with Crippen LogP contribution in [0.25, 0.3) is 0 Å². The molecule has 1 aliphatic heterocycles. The third-order valence-electron chi connectivity index (χ3n) is 4.32. The third kappa shape index (κ3) is 8.16. The zero-order valence-corrected chi connectivity index (χ0v) is 22.4. The zero-order chi connectivity index (χ0) is 27.5. The molecule has 0 bridgehead atoms. The first-order valence-electron chi connectivity index (χ1n) is 11.1. The fraction of sp³-hybridized carbons (Fsp3) is 0.636. The molecule has 0 aliphatic carbocycles. The summed E-state index contributed by atoms with van der Waals surface area (Å²) in [5.41, 5.74) is -3.45. The Kier molecular flexibility index (Phi) is 8.68. The monoisotopic (exact) mass is 527 g/mol. The lowest BCUT2D eigenvalue weighted by molar-refractivity contribution is -0.179. The molecule has 0 radical (unpaired) electrons. The highest BCUT2D eigenvalue weighted by atomic mass is 32.1.